The van der Waals surface area contributed by atoms with Gasteiger partial charge >= 0.3 is 0 Å². The average Bonchev–Trinajstić information content (AvgIpc) is 2.94. The van der Waals surface area contributed by atoms with Crippen molar-refractivity contribution in [1.29, 1.82) is 5.41 Å². The van der Waals surface area contributed by atoms with E-state index >= 15 is 0 Å². The van der Waals surface area contributed by atoms with Crippen LogP contribution < -0.4 is 0 Å². The van der Waals surface area contributed by atoms with Gasteiger partial charge in [-0.1, -0.05) is 18.2 Å². The molecular weight excluding hydrogens is 271 g/mol. The maximum absolute atomic E-state index is 13.8. The van der Waals surface area contributed by atoms with E-state index in [1.807, 2.05) is 0 Å². The number of aromatic nitrogens is 3. The molecule has 0 fully saturated rings. The maximum Gasteiger partial charge on any atom is 0.234 e. The zero-order valence-corrected chi connectivity index (χ0v) is 11.4. The number of fused-ring (bicyclic) bond motifs is 1. The first-order chi connectivity index (χ1) is 10.2. The Morgan fingerprint density at radius 1 is 1.29 bits per heavy atom. The van der Waals surface area contributed by atoms with Gasteiger partial charge in [0.15, 0.2) is 11.3 Å². The van der Waals surface area contributed by atoms with Gasteiger partial charge in [-0.3, -0.25) is 10.5 Å². The molecule has 21 heavy (non-hydrogen) atoms. The molecule has 0 atom stereocenters. The Balaban J connectivity index is 2.12. The molecule has 0 saturated heterocycles. The van der Waals surface area contributed by atoms with Crippen molar-refractivity contribution in [2.45, 2.75) is 6.42 Å². The van der Waals surface area contributed by atoms with E-state index in [0.717, 1.165) is 5.56 Å². The standard InChI is InChI=1S/C15H13FN4O/c1-21-14(17)13-12-10(6-7-18-15(12)20-19-13)8-9-4-2-3-5-11(9)16/h2-7,17H,8H2,1H3,(H,18,19,20). The molecule has 0 bridgehead atoms. The first-order valence-electron chi connectivity index (χ1n) is 6.39. The van der Waals surface area contributed by atoms with Gasteiger partial charge in [0.05, 0.1) is 12.5 Å². The summed E-state index contributed by atoms with van der Waals surface area (Å²) in [5, 5.41) is 15.3. The molecule has 3 aromatic rings. The van der Waals surface area contributed by atoms with E-state index in [2.05, 4.69) is 15.2 Å². The first kappa shape index (κ1) is 13.2. The fourth-order valence-corrected chi connectivity index (χ4v) is 2.27. The van der Waals surface area contributed by atoms with Crippen LogP contribution in [0.15, 0.2) is 36.5 Å². The number of pyridine rings is 1. The molecule has 2 heterocycles. The second kappa shape index (κ2) is 5.32. The quantitative estimate of drug-likeness (QED) is 0.573. The summed E-state index contributed by atoms with van der Waals surface area (Å²) in [7, 11) is 1.41. The molecular formula is C15H13FN4O. The summed E-state index contributed by atoms with van der Waals surface area (Å²) in [5.74, 6) is -0.307. The second-order valence-corrected chi connectivity index (χ2v) is 4.57. The number of methoxy groups -OCH3 is 1. The molecule has 106 valence electrons. The van der Waals surface area contributed by atoms with E-state index in [4.69, 9.17) is 10.1 Å². The number of benzene rings is 1. The minimum absolute atomic E-state index is 0.0518. The fraction of sp³-hybridized carbons (Fsp3) is 0.133. The summed E-state index contributed by atoms with van der Waals surface area (Å²) in [5.41, 5.74) is 2.37. The Morgan fingerprint density at radius 2 is 2.10 bits per heavy atom. The van der Waals surface area contributed by atoms with Gasteiger partial charge in [-0.05, 0) is 23.3 Å². The number of hydrogen-bond acceptors (Lipinski definition) is 4. The van der Waals surface area contributed by atoms with Gasteiger partial charge in [0.2, 0.25) is 5.90 Å². The van der Waals surface area contributed by atoms with Gasteiger partial charge in [-0.2, -0.15) is 5.10 Å². The number of rotatable bonds is 3. The lowest BCUT2D eigenvalue weighted by Gasteiger charge is -2.06. The van der Waals surface area contributed by atoms with E-state index < -0.39 is 0 Å². The third-order valence-corrected chi connectivity index (χ3v) is 3.31. The normalized spacial score (nSPS) is 10.8. The van der Waals surface area contributed by atoms with Gasteiger partial charge in [-0.25, -0.2) is 9.37 Å². The number of ether oxygens (including phenoxy) is 1. The Labute approximate surface area is 120 Å². The van der Waals surface area contributed by atoms with Crippen molar-refractivity contribution >= 4 is 16.9 Å². The highest BCUT2D eigenvalue weighted by atomic mass is 19.1. The van der Waals surface area contributed by atoms with Gasteiger partial charge in [0.1, 0.15) is 5.82 Å². The molecule has 6 heteroatoms. The van der Waals surface area contributed by atoms with Crippen molar-refractivity contribution in [3.05, 3.63) is 59.2 Å². The Hall–Kier alpha value is -2.76. The number of aromatic amines is 1. The summed E-state index contributed by atoms with van der Waals surface area (Å²) >= 11 is 0. The zero-order chi connectivity index (χ0) is 14.8. The van der Waals surface area contributed by atoms with Crippen LogP contribution in [0.4, 0.5) is 4.39 Å². The number of H-pyrrole nitrogens is 1. The summed E-state index contributed by atoms with van der Waals surface area (Å²) in [6.07, 6.45) is 2.03. The lowest BCUT2D eigenvalue weighted by atomic mass is 10.0. The summed E-state index contributed by atoms with van der Waals surface area (Å²) in [4.78, 5) is 4.18. The minimum atomic E-state index is -0.255. The predicted octanol–water partition coefficient (Wildman–Crippen LogP) is 2.66. The predicted molar refractivity (Wildman–Crippen MR) is 76.9 cm³/mol. The van der Waals surface area contributed by atoms with Crippen molar-refractivity contribution in [3.8, 4) is 0 Å². The van der Waals surface area contributed by atoms with Gasteiger partial charge < -0.3 is 4.74 Å². The summed E-state index contributed by atoms with van der Waals surface area (Å²) in [6, 6.07) is 8.43. The summed E-state index contributed by atoms with van der Waals surface area (Å²) in [6.45, 7) is 0. The monoisotopic (exact) mass is 284 g/mol. The van der Waals surface area contributed by atoms with Crippen molar-refractivity contribution < 1.29 is 9.13 Å². The van der Waals surface area contributed by atoms with Crippen molar-refractivity contribution in [3.63, 3.8) is 0 Å². The highest BCUT2D eigenvalue weighted by Crippen LogP contribution is 2.23. The molecule has 0 amide bonds. The fourth-order valence-electron chi connectivity index (χ4n) is 2.27. The zero-order valence-electron chi connectivity index (χ0n) is 11.4. The highest BCUT2D eigenvalue weighted by Gasteiger charge is 2.16. The van der Waals surface area contributed by atoms with Crippen molar-refractivity contribution in [2.75, 3.05) is 7.11 Å². The largest absolute Gasteiger partial charge is 0.480 e. The Morgan fingerprint density at radius 3 is 2.86 bits per heavy atom. The second-order valence-electron chi connectivity index (χ2n) is 4.57. The molecule has 0 aliphatic heterocycles. The molecule has 0 radical (unpaired) electrons. The van der Waals surface area contributed by atoms with Crippen LogP contribution in [0.25, 0.3) is 11.0 Å². The van der Waals surface area contributed by atoms with Crippen LogP contribution >= 0.6 is 0 Å². The Bertz CT molecular complexity index is 812. The van der Waals surface area contributed by atoms with Crippen molar-refractivity contribution in [2.24, 2.45) is 0 Å². The highest BCUT2D eigenvalue weighted by molar-refractivity contribution is 6.03. The third-order valence-electron chi connectivity index (χ3n) is 3.31. The van der Waals surface area contributed by atoms with Crippen LogP contribution in [-0.2, 0) is 11.2 Å². The van der Waals surface area contributed by atoms with Gasteiger partial charge in [0.25, 0.3) is 0 Å². The maximum atomic E-state index is 13.8. The van der Waals surface area contributed by atoms with Crippen LogP contribution in [0.3, 0.4) is 0 Å². The lowest BCUT2D eigenvalue weighted by Crippen LogP contribution is -2.04. The molecule has 2 N–H and O–H groups in total. The molecule has 0 aliphatic carbocycles. The Kier molecular flexibility index (Phi) is 3.35. The molecule has 5 nitrogen and oxygen atoms in total. The molecule has 0 saturated carbocycles. The number of halogens is 1. The van der Waals surface area contributed by atoms with E-state index in [1.54, 1.807) is 30.5 Å². The molecule has 0 unspecified atom stereocenters. The van der Waals surface area contributed by atoms with Crippen molar-refractivity contribution in [1.82, 2.24) is 15.2 Å². The van der Waals surface area contributed by atoms with E-state index in [1.165, 1.54) is 13.2 Å². The van der Waals surface area contributed by atoms with Crippen LogP contribution in [0, 0.1) is 11.2 Å². The van der Waals surface area contributed by atoms with Crippen LogP contribution in [0.5, 0.6) is 0 Å². The number of hydrogen-bond donors (Lipinski definition) is 2. The first-order valence-corrected chi connectivity index (χ1v) is 6.39. The SMILES string of the molecule is COC(=N)c1n[nH]c2nccc(Cc3ccccc3F)c12. The molecule has 0 spiro atoms. The summed E-state index contributed by atoms with van der Waals surface area (Å²) < 4.78 is 18.8. The molecule has 2 aromatic heterocycles. The average molecular weight is 284 g/mol. The minimum Gasteiger partial charge on any atom is -0.480 e. The van der Waals surface area contributed by atoms with Gasteiger partial charge in [0, 0.05) is 12.6 Å². The molecule has 0 aliphatic rings. The topological polar surface area (TPSA) is 74.7 Å². The smallest absolute Gasteiger partial charge is 0.234 e. The number of nitrogens with zero attached hydrogens (tertiary/aromatic N) is 2. The molecule has 1 aromatic carbocycles. The van der Waals surface area contributed by atoms with Gasteiger partial charge in [-0.15, -0.1) is 0 Å². The lowest BCUT2D eigenvalue weighted by molar-refractivity contribution is 0.400. The van der Waals surface area contributed by atoms with Crippen LogP contribution in [-0.4, -0.2) is 28.2 Å². The van der Waals surface area contributed by atoms with Crippen LogP contribution in [0.2, 0.25) is 0 Å². The number of nitrogens with one attached hydrogen (secondary N) is 2. The van der Waals surface area contributed by atoms with E-state index in [9.17, 15) is 4.39 Å². The molecule has 3 rings (SSSR count). The van der Waals surface area contributed by atoms with E-state index in [-0.39, 0.29) is 11.7 Å². The van der Waals surface area contributed by atoms with E-state index in [0.29, 0.717) is 28.7 Å². The third kappa shape index (κ3) is 2.35. The van der Waals surface area contributed by atoms with Crippen LogP contribution in [0.1, 0.15) is 16.8 Å².